The molecule has 7 nitrogen and oxygen atoms in total. The van der Waals surface area contributed by atoms with Gasteiger partial charge in [-0.2, -0.15) is 8.42 Å². The maximum Gasteiger partial charge on any atom is 0.333 e. The van der Waals surface area contributed by atoms with Gasteiger partial charge in [0.2, 0.25) is 0 Å². The van der Waals surface area contributed by atoms with E-state index in [1.165, 1.54) is 16.7 Å². The zero-order chi connectivity index (χ0) is 22.5. The summed E-state index contributed by atoms with van der Waals surface area (Å²) in [5.41, 5.74) is 7.34. The number of nitrogens with two attached hydrogens (primary N) is 1. The van der Waals surface area contributed by atoms with Gasteiger partial charge in [-0.3, -0.25) is 4.18 Å². The SMILES string of the molecule is Cc1ccc2c(c1)CCC2Cc1ncnc2c([C@@H]3C[C@@H](COS(N)(=O)=O)[C@@H](O)C3)csc12. The third kappa shape index (κ3) is 4.32. The van der Waals surface area contributed by atoms with Crippen LogP contribution in [0.2, 0.25) is 0 Å². The highest BCUT2D eigenvalue weighted by molar-refractivity contribution is 7.84. The van der Waals surface area contributed by atoms with E-state index in [1.807, 2.05) is 0 Å². The third-order valence-electron chi connectivity index (χ3n) is 6.94. The molecule has 1 saturated carbocycles. The minimum atomic E-state index is -4.01. The lowest BCUT2D eigenvalue weighted by Crippen LogP contribution is -2.24. The van der Waals surface area contributed by atoms with Crippen LogP contribution in [-0.4, -0.2) is 36.2 Å². The highest BCUT2D eigenvalue weighted by atomic mass is 32.2. The molecule has 5 rings (SSSR count). The smallest absolute Gasteiger partial charge is 0.333 e. The van der Waals surface area contributed by atoms with Crippen LogP contribution in [0.15, 0.2) is 29.9 Å². The van der Waals surface area contributed by atoms with Crippen molar-refractivity contribution in [2.75, 3.05) is 6.61 Å². The van der Waals surface area contributed by atoms with Gasteiger partial charge < -0.3 is 5.11 Å². The van der Waals surface area contributed by atoms with Crippen LogP contribution in [0, 0.1) is 12.8 Å². The lowest BCUT2D eigenvalue weighted by molar-refractivity contribution is 0.101. The molecule has 0 amide bonds. The Bertz CT molecular complexity index is 1260. The Labute approximate surface area is 191 Å². The fraction of sp³-hybridized carbons (Fsp3) is 0.478. The number of hydrogen-bond donors (Lipinski definition) is 2. The van der Waals surface area contributed by atoms with Crippen molar-refractivity contribution in [1.82, 2.24) is 9.97 Å². The van der Waals surface area contributed by atoms with Gasteiger partial charge in [0.1, 0.15) is 6.33 Å². The maximum absolute atomic E-state index is 11.1. The van der Waals surface area contributed by atoms with Crippen molar-refractivity contribution in [3.05, 3.63) is 57.9 Å². The molecule has 0 radical (unpaired) electrons. The third-order valence-corrected chi connectivity index (χ3v) is 8.44. The molecule has 2 aromatic heterocycles. The van der Waals surface area contributed by atoms with Crippen LogP contribution in [0.3, 0.4) is 0 Å². The molecule has 170 valence electrons. The molecule has 1 aromatic carbocycles. The van der Waals surface area contributed by atoms with Gasteiger partial charge in [-0.1, -0.05) is 23.8 Å². The lowest BCUT2D eigenvalue weighted by Gasteiger charge is -2.13. The van der Waals surface area contributed by atoms with Crippen LogP contribution in [0.25, 0.3) is 10.2 Å². The first kappa shape index (κ1) is 21.9. The highest BCUT2D eigenvalue weighted by Crippen LogP contribution is 2.44. The van der Waals surface area contributed by atoms with Crippen LogP contribution in [0.1, 0.15) is 59.0 Å². The van der Waals surface area contributed by atoms with Crippen molar-refractivity contribution < 1.29 is 17.7 Å². The summed E-state index contributed by atoms with van der Waals surface area (Å²) in [5, 5.41) is 17.5. The van der Waals surface area contributed by atoms with E-state index in [4.69, 9.17) is 9.32 Å². The normalized spacial score (nSPS) is 25.5. The van der Waals surface area contributed by atoms with E-state index >= 15 is 0 Å². The Kier molecular flexibility index (Phi) is 5.79. The molecule has 9 heteroatoms. The number of nitrogens with zero attached hydrogens (tertiary/aromatic N) is 2. The largest absolute Gasteiger partial charge is 0.393 e. The van der Waals surface area contributed by atoms with E-state index in [0.717, 1.165) is 40.7 Å². The summed E-state index contributed by atoms with van der Waals surface area (Å²) in [5.74, 6) is 0.307. The molecule has 2 aliphatic rings. The number of aryl methyl sites for hydroxylation is 2. The molecular formula is C23H27N3O4S2. The van der Waals surface area contributed by atoms with E-state index in [-0.39, 0.29) is 18.4 Å². The van der Waals surface area contributed by atoms with Gasteiger partial charge in [0.15, 0.2) is 0 Å². The van der Waals surface area contributed by atoms with Crippen LogP contribution >= 0.6 is 11.3 Å². The molecule has 0 bridgehead atoms. The molecule has 3 aromatic rings. The second-order valence-electron chi connectivity index (χ2n) is 9.10. The molecule has 0 spiro atoms. The fourth-order valence-corrected chi connectivity index (χ4v) is 6.82. The number of benzene rings is 1. The predicted octanol–water partition coefficient (Wildman–Crippen LogP) is 3.35. The number of rotatable bonds is 6. The van der Waals surface area contributed by atoms with Crippen LogP contribution in [0.4, 0.5) is 0 Å². The minimum absolute atomic E-state index is 0.0979. The summed E-state index contributed by atoms with van der Waals surface area (Å²) in [6.45, 7) is 2.04. The second-order valence-corrected chi connectivity index (χ2v) is 11.2. The first-order valence-corrected chi connectivity index (χ1v) is 13.3. The predicted molar refractivity (Wildman–Crippen MR) is 124 cm³/mol. The Morgan fingerprint density at radius 1 is 1.25 bits per heavy atom. The van der Waals surface area contributed by atoms with Crippen molar-refractivity contribution in [3.63, 3.8) is 0 Å². The van der Waals surface area contributed by atoms with Gasteiger partial charge in [-0.05, 0) is 72.9 Å². The standard InChI is InChI=1S/C23H27N3O4S2/c1-13-2-5-18-14(6-13)3-4-15(18)8-20-23-22(26-12-25-20)19(11-31-23)16-7-17(21(27)9-16)10-30-32(24,28)29/h2,5-6,11-12,15-17,21,27H,3-4,7-10H2,1H3,(H2,24,28,29)/t15?,16-,17+,21+/m1/s1. The molecule has 1 unspecified atom stereocenters. The van der Waals surface area contributed by atoms with Gasteiger partial charge in [-0.25, -0.2) is 15.1 Å². The summed E-state index contributed by atoms with van der Waals surface area (Å²) in [6.07, 6.45) is 5.36. The zero-order valence-electron chi connectivity index (χ0n) is 17.9. The van der Waals surface area contributed by atoms with Crippen molar-refractivity contribution in [2.45, 2.75) is 57.0 Å². The quantitative estimate of drug-likeness (QED) is 0.567. The number of aliphatic hydroxyl groups excluding tert-OH is 1. The van der Waals surface area contributed by atoms with Gasteiger partial charge in [0.25, 0.3) is 0 Å². The number of thiophene rings is 1. The first-order valence-electron chi connectivity index (χ1n) is 10.9. The molecule has 2 aliphatic carbocycles. The number of aromatic nitrogens is 2. The van der Waals surface area contributed by atoms with Crippen LogP contribution in [0.5, 0.6) is 0 Å². The van der Waals surface area contributed by atoms with Gasteiger partial charge in [0, 0.05) is 5.92 Å². The minimum Gasteiger partial charge on any atom is -0.393 e. The molecule has 0 aliphatic heterocycles. The summed E-state index contributed by atoms with van der Waals surface area (Å²) in [7, 11) is -4.01. The zero-order valence-corrected chi connectivity index (χ0v) is 19.5. The van der Waals surface area contributed by atoms with E-state index in [1.54, 1.807) is 17.7 Å². The van der Waals surface area contributed by atoms with Gasteiger partial charge >= 0.3 is 10.3 Å². The molecule has 2 heterocycles. The molecule has 4 atom stereocenters. The Morgan fingerprint density at radius 2 is 2.09 bits per heavy atom. The summed E-state index contributed by atoms with van der Waals surface area (Å²) < 4.78 is 28.1. The van der Waals surface area contributed by atoms with Gasteiger partial charge in [-0.15, -0.1) is 11.3 Å². The monoisotopic (exact) mass is 473 g/mol. The van der Waals surface area contributed by atoms with E-state index in [2.05, 4.69) is 40.5 Å². The summed E-state index contributed by atoms with van der Waals surface area (Å²) in [6, 6.07) is 6.76. The number of fused-ring (bicyclic) bond motifs is 2. The first-order chi connectivity index (χ1) is 15.3. The Hall–Kier alpha value is -1.91. The topological polar surface area (TPSA) is 115 Å². The number of aliphatic hydroxyl groups is 1. The van der Waals surface area contributed by atoms with E-state index in [9.17, 15) is 13.5 Å². The second kappa shape index (κ2) is 8.46. The average molecular weight is 474 g/mol. The lowest BCUT2D eigenvalue weighted by atomic mass is 9.94. The van der Waals surface area contributed by atoms with E-state index < -0.39 is 16.4 Å². The Morgan fingerprint density at radius 3 is 2.91 bits per heavy atom. The van der Waals surface area contributed by atoms with Crippen LogP contribution in [-0.2, 0) is 27.3 Å². The fourth-order valence-electron chi connectivity index (χ4n) is 5.35. The molecular weight excluding hydrogens is 446 g/mol. The van der Waals surface area contributed by atoms with Crippen molar-refractivity contribution in [1.29, 1.82) is 0 Å². The molecule has 32 heavy (non-hydrogen) atoms. The van der Waals surface area contributed by atoms with Crippen LogP contribution < -0.4 is 5.14 Å². The van der Waals surface area contributed by atoms with E-state index in [0.29, 0.717) is 18.8 Å². The van der Waals surface area contributed by atoms with Crippen molar-refractivity contribution in [2.24, 2.45) is 11.1 Å². The number of hydrogen-bond acceptors (Lipinski definition) is 7. The molecule has 0 saturated heterocycles. The molecule has 3 N–H and O–H groups in total. The van der Waals surface area contributed by atoms with Gasteiger partial charge in [0.05, 0.1) is 28.6 Å². The highest BCUT2D eigenvalue weighted by Gasteiger charge is 2.36. The summed E-state index contributed by atoms with van der Waals surface area (Å²) in [4.78, 5) is 9.22. The van der Waals surface area contributed by atoms with Crippen molar-refractivity contribution in [3.8, 4) is 0 Å². The Balaban J connectivity index is 1.36. The van der Waals surface area contributed by atoms with Crippen molar-refractivity contribution >= 4 is 31.9 Å². The molecule has 1 fully saturated rings. The maximum atomic E-state index is 11.1. The average Bonchev–Trinajstić information content (AvgIpc) is 3.43. The summed E-state index contributed by atoms with van der Waals surface area (Å²) >= 11 is 1.66.